The summed E-state index contributed by atoms with van der Waals surface area (Å²) in [7, 11) is 0. The van der Waals surface area contributed by atoms with Gasteiger partial charge < -0.3 is 15.4 Å². The van der Waals surface area contributed by atoms with Crippen LogP contribution in [-0.2, 0) is 4.74 Å². The number of hydrogen-bond acceptors (Lipinski definition) is 3. The molecule has 0 bridgehead atoms. The zero-order chi connectivity index (χ0) is 13.5. The van der Waals surface area contributed by atoms with Gasteiger partial charge in [0, 0.05) is 12.1 Å². The Hall–Kier alpha value is -0.770. The van der Waals surface area contributed by atoms with Crippen molar-refractivity contribution < 1.29 is 9.53 Å². The number of hydrogen-bond donors (Lipinski definition) is 2. The monoisotopic (exact) mass is 244 g/mol. The van der Waals surface area contributed by atoms with Crippen LogP contribution < -0.4 is 10.6 Å². The molecule has 17 heavy (non-hydrogen) atoms. The molecular weight excluding hydrogens is 216 g/mol. The van der Waals surface area contributed by atoms with Gasteiger partial charge in [-0.2, -0.15) is 0 Å². The van der Waals surface area contributed by atoms with E-state index in [1.54, 1.807) is 0 Å². The summed E-state index contributed by atoms with van der Waals surface area (Å²) in [5.41, 5.74) is -0.428. The minimum Gasteiger partial charge on any atom is -0.444 e. The van der Waals surface area contributed by atoms with Crippen LogP contribution in [0.2, 0.25) is 0 Å². The van der Waals surface area contributed by atoms with E-state index in [1.807, 2.05) is 27.7 Å². The molecule has 4 heteroatoms. The van der Waals surface area contributed by atoms with Gasteiger partial charge in [-0.3, -0.25) is 0 Å². The van der Waals surface area contributed by atoms with E-state index in [2.05, 4.69) is 24.5 Å². The molecule has 1 amide bonds. The van der Waals surface area contributed by atoms with E-state index < -0.39 is 5.60 Å². The number of carbonyl (C=O) groups excluding carboxylic acids is 1. The number of rotatable bonds is 6. The first-order valence-corrected chi connectivity index (χ1v) is 6.43. The lowest BCUT2D eigenvalue weighted by Gasteiger charge is -2.22. The lowest BCUT2D eigenvalue weighted by molar-refractivity contribution is 0.0506. The topological polar surface area (TPSA) is 50.4 Å². The van der Waals surface area contributed by atoms with Gasteiger partial charge in [-0.1, -0.05) is 13.8 Å². The summed E-state index contributed by atoms with van der Waals surface area (Å²) in [6.07, 6.45) is 1.68. The Morgan fingerprint density at radius 2 is 1.82 bits per heavy atom. The lowest BCUT2D eigenvalue weighted by Crippen LogP contribution is -2.38. The second-order valence-electron chi connectivity index (χ2n) is 5.80. The molecule has 0 heterocycles. The Bertz CT molecular complexity index is 222. The molecule has 0 aromatic heterocycles. The van der Waals surface area contributed by atoms with Crippen molar-refractivity contribution >= 4 is 6.09 Å². The highest BCUT2D eigenvalue weighted by molar-refractivity contribution is 5.67. The van der Waals surface area contributed by atoms with Crippen LogP contribution in [0.3, 0.4) is 0 Å². The van der Waals surface area contributed by atoms with Crippen molar-refractivity contribution in [2.24, 2.45) is 0 Å². The summed E-state index contributed by atoms with van der Waals surface area (Å²) in [4.78, 5) is 11.5. The largest absolute Gasteiger partial charge is 0.444 e. The van der Waals surface area contributed by atoms with Crippen LogP contribution in [0.4, 0.5) is 4.79 Å². The van der Waals surface area contributed by atoms with Crippen LogP contribution >= 0.6 is 0 Å². The van der Waals surface area contributed by atoms with Crippen molar-refractivity contribution in [1.29, 1.82) is 0 Å². The molecule has 0 saturated heterocycles. The first kappa shape index (κ1) is 16.2. The molecular formula is C13H28N2O2. The third-order valence-corrected chi connectivity index (χ3v) is 2.13. The lowest BCUT2D eigenvalue weighted by atomic mass is 10.2. The second kappa shape index (κ2) is 7.54. The van der Waals surface area contributed by atoms with Crippen molar-refractivity contribution in [3.8, 4) is 0 Å². The number of alkyl carbamates (subject to hydrolysis) is 1. The Morgan fingerprint density at radius 1 is 1.24 bits per heavy atom. The summed E-state index contributed by atoms with van der Waals surface area (Å²) >= 11 is 0. The van der Waals surface area contributed by atoms with Gasteiger partial charge in [-0.05, 0) is 47.1 Å². The van der Waals surface area contributed by atoms with Gasteiger partial charge in [0.25, 0.3) is 0 Å². The fraction of sp³-hybridized carbons (Fsp3) is 0.923. The quantitative estimate of drug-likeness (QED) is 0.706. The Morgan fingerprint density at radius 3 is 2.29 bits per heavy atom. The number of ether oxygens (including phenoxy) is 1. The maximum Gasteiger partial charge on any atom is 0.407 e. The van der Waals surface area contributed by atoms with Crippen molar-refractivity contribution in [3.63, 3.8) is 0 Å². The Balaban J connectivity index is 3.64. The zero-order valence-electron chi connectivity index (χ0n) is 12.1. The molecule has 1 atom stereocenters. The molecule has 2 N–H and O–H groups in total. The highest BCUT2D eigenvalue weighted by Gasteiger charge is 2.17. The number of carbonyl (C=O) groups is 1. The highest BCUT2D eigenvalue weighted by Crippen LogP contribution is 2.07. The maximum atomic E-state index is 11.5. The third-order valence-electron chi connectivity index (χ3n) is 2.13. The fourth-order valence-electron chi connectivity index (χ4n) is 1.38. The van der Waals surface area contributed by atoms with E-state index >= 15 is 0 Å². The minimum absolute atomic E-state index is 0.152. The molecule has 0 spiro atoms. The van der Waals surface area contributed by atoms with Crippen LogP contribution in [0.15, 0.2) is 0 Å². The van der Waals surface area contributed by atoms with Crippen LogP contribution in [0.1, 0.15) is 54.4 Å². The van der Waals surface area contributed by atoms with Gasteiger partial charge in [0.15, 0.2) is 0 Å². The van der Waals surface area contributed by atoms with Crippen molar-refractivity contribution in [2.45, 2.75) is 72.1 Å². The average molecular weight is 244 g/mol. The first-order valence-electron chi connectivity index (χ1n) is 6.43. The first-order chi connectivity index (χ1) is 7.70. The summed E-state index contributed by atoms with van der Waals surface area (Å²) in [5.74, 6) is 0. The van der Waals surface area contributed by atoms with Crippen molar-refractivity contribution in [1.82, 2.24) is 10.6 Å². The standard InChI is InChI=1S/C13H28N2O2/c1-10(2)14-9-7-8-11(3)15-12(16)17-13(4,5)6/h10-11,14H,7-9H2,1-6H3,(H,15,16). The third kappa shape index (κ3) is 11.5. The summed E-state index contributed by atoms with van der Waals surface area (Å²) in [5, 5.41) is 6.18. The van der Waals surface area contributed by atoms with E-state index in [0.29, 0.717) is 6.04 Å². The van der Waals surface area contributed by atoms with Crippen LogP contribution in [0.25, 0.3) is 0 Å². The SMILES string of the molecule is CC(C)NCCCC(C)NC(=O)OC(C)(C)C. The van der Waals surface area contributed by atoms with E-state index in [4.69, 9.17) is 4.74 Å². The van der Waals surface area contributed by atoms with Crippen LogP contribution in [0.5, 0.6) is 0 Å². The molecule has 1 unspecified atom stereocenters. The normalized spacial score (nSPS) is 13.6. The van der Waals surface area contributed by atoms with Crippen molar-refractivity contribution in [3.05, 3.63) is 0 Å². The number of nitrogens with one attached hydrogen (secondary N) is 2. The molecule has 0 aromatic rings. The van der Waals surface area contributed by atoms with Gasteiger partial charge in [0.1, 0.15) is 5.60 Å². The molecule has 0 radical (unpaired) electrons. The van der Waals surface area contributed by atoms with Gasteiger partial charge in [0.05, 0.1) is 0 Å². The van der Waals surface area contributed by atoms with E-state index in [9.17, 15) is 4.79 Å². The van der Waals surface area contributed by atoms with Gasteiger partial charge >= 0.3 is 6.09 Å². The van der Waals surface area contributed by atoms with E-state index in [-0.39, 0.29) is 12.1 Å². The van der Waals surface area contributed by atoms with Crippen LogP contribution in [0, 0.1) is 0 Å². The van der Waals surface area contributed by atoms with Gasteiger partial charge in [-0.15, -0.1) is 0 Å². The van der Waals surface area contributed by atoms with Gasteiger partial charge in [-0.25, -0.2) is 4.79 Å². The van der Waals surface area contributed by atoms with Crippen molar-refractivity contribution in [2.75, 3.05) is 6.54 Å². The second-order valence-corrected chi connectivity index (χ2v) is 5.80. The summed E-state index contributed by atoms with van der Waals surface area (Å²) < 4.78 is 5.19. The fourth-order valence-corrected chi connectivity index (χ4v) is 1.38. The smallest absolute Gasteiger partial charge is 0.407 e. The summed E-state index contributed by atoms with van der Waals surface area (Å²) in [6, 6.07) is 0.669. The van der Waals surface area contributed by atoms with E-state index in [0.717, 1.165) is 19.4 Å². The van der Waals surface area contributed by atoms with E-state index in [1.165, 1.54) is 0 Å². The molecule has 4 nitrogen and oxygen atoms in total. The molecule has 0 aliphatic heterocycles. The molecule has 0 rings (SSSR count). The Labute approximate surface area is 105 Å². The molecule has 0 aromatic carbocycles. The predicted molar refractivity (Wildman–Crippen MR) is 71.2 cm³/mol. The molecule has 0 aliphatic rings. The maximum absolute atomic E-state index is 11.5. The zero-order valence-corrected chi connectivity index (χ0v) is 12.1. The Kier molecular flexibility index (Phi) is 7.19. The summed E-state index contributed by atoms with van der Waals surface area (Å²) in [6.45, 7) is 12.8. The number of amides is 1. The van der Waals surface area contributed by atoms with Gasteiger partial charge in [0.2, 0.25) is 0 Å². The molecule has 0 aliphatic carbocycles. The predicted octanol–water partition coefficient (Wildman–Crippen LogP) is 2.68. The van der Waals surface area contributed by atoms with Crippen LogP contribution in [-0.4, -0.2) is 30.3 Å². The molecule has 102 valence electrons. The minimum atomic E-state index is -0.428. The highest BCUT2D eigenvalue weighted by atomic mass is 16.6. The molecule has 0 saturated carbocycles. The average Bonchev–Trinajstić information content (AvgIpc) is 2.08. The molecule has 0 fully saturated rings.